The van der Waals surface area contributed by atoms with Gasteiger partial charge in [0.25, 0.3) is 5.88 Å². The standard InChI is InChI=1S/C18H28N2O4/c1-18(2,3)12-9-13(19)16-14(24-11-12)10-15(17(20-16)22-5)23-8-6-7-21-4/h10,12,19H,6-9,11H2,1-5H3. The Balaban J connectivity index is 2.23. The first-order valence-corrected chi connectivity index (χ1v) is 8.28. The molecule has 0 saturated carbocycles. The van der Waals surface area contributed by atoms with Gasteiger partial charge in [-0.1, -0.05) is 20.8 Å². The molecule has 1 N–H and O–H groups in total. The number of methoxy groups -OCH3 is 2. The molecule has 0 bridgehead atoms. The average Bonchev–Trinajstić information content (AvgIpc) is 2.69. The van der Waals surface area contributed by atoms with Crippen LogP contribution in [0, 0.1) is 16.7 Å². The lowest BCUT2D eigenvalue weighted by molar-refractivity contribution is 0.154. The highest BCUT2D eigenvalue weighted by atomic mass is 16.5. The third kappa shape index (κ3) is 4.38. The predicted molar refractivity (Wildman–Crippen MR) is 92.7 cm³/mol. The quantitative estimate of drug-likeness (QED) is 0.807. The molecule has 24 heavy (non-hydrogen) atoms. The number of nitrogens with one attached hydrogen (secondary N) is 1. The van der Waals surface area contributed by atoms with Crippen LogP contribution in [0.15, 0.2) is 6.07 Å². The fourth-order valence-electron chi connectivity index (χ4n) is 2.57. The number of hydrogen-bond donors (Lipinski definition) is 1. The van der Waals surface area contributed by atoms with E-state index in [9.17, 15) is 0 Å². The predicted octanol–water partition coefficient (Wildman–Crippen LogP) is 3.32. The number of hydrogen-bond acceptors (Lipinski definition) is 6. The molecule has 1 atom stereocenters. The van der Waals surface area contributed by atoms with E-state index in [1.54, 1.807) is 20.3 Å². The molecule has 0 radical (unpaired) electrons. The summed E-state index contributed by atoms with van der Waals surface area (Å²) in [4.78, 5) is 4.46. The summed E-state index contributed by atoms with van der Waals surface area (Å²) in [5.41, 5.74) is 1.09. The van der Waals surface area contributed by atoms with Crippen molar-refractivity contribution in [2.45, 2.75) is 33.6 Å². The zero-order valence-electron chi connectivity index (χ0n) is 15.3. The molecule has 2 rings (SSSR count). The van der Waals surface area contributed by atoms with Crippen molar-refractivity contribution in [3.05, 3.63) is 11.8 Å². The first-order valence-electron chi connectivity index (χ1n) is 8.28. The molecule has 1 aliphatic rings. The maximum atomic E-state index is 8.40. The average molecular weight is 336 g/mol. The minimum Gasteiger partial charge on any atom is -0.491 e. The molecule has 134 valence electrons. The Morgan fingerprint density at radius 2 is 2.04 bits per heavy atom. The summed E-state index contributed by atoms with van der Waals surface area (Å²) in [5, 5.41) is 8.40. The minimum atomic E-state index is 0.0674. The van der Waals surface area contributed by atoms with Crippen LogP contribution in [0.3, 0.4) is 0 Å². The number of fused-ring (bicyclic) bond motifs is 1. The molecule has 0 saturated heterocycles. The Morgan fingerprint density at radius 1 is 1.29 bits per heavy atom. The van der Waals surface area contributed by atoms with E-state index in [2.05, 4.69) is 25.8 Å². The van der Waals surface area contributed by atoms with E-state index in [-0.39, 0.29) is 11.3 Å². The summed E-state index contributed by atoms with van der Waals surface area (Å²) in [6.07, 6.45) is 1.42. The second-order valence-electron chi connectivity index (χ2n) is 7.09. The summed E-state index contributed by atoms with van der Waals surface area (Å²) in [6.45, 7) is 8.21. The van der Waals surface area contributed by atoms with E-state index in [1.807, 2.05) is 0 Å². The fraction of sp³-hybridized carbons (Fsp3) is 0.667. The lowest BCUT2D eigenvalue weighted by Gasteiger charge is -2.28. The Kier molecular flexibility index (Phi) is 6.04. The van der Waals surface area contributed by atoms with Gasteiger partial charge in [0.05, 0.1) is 26.0 Å². The maximum absolute atomic E-state index is 8.40. The van der Waals surface area contributed by atoms with Crippen LogP contribution in [0.25, 0.3) is 0 Å². The molecule has 1 unspecified atom stereocenters. The van der Waals surface area contributed by atoms with Crippen LogP contribution in [-0.2, 0) is 4.74 Å². The number of aromatic nitrogens is 1. The van der Waals surface area contributed by atoms with Gasteiger partial charge in [0.1, 0.15) is 5.69 Å². The van der Waals surface area contributed by atoms with Gasteiger partial charge < -0.3 is 24.4 Å². The van der Waals surface area contributed by atoms with Gasteiger partial charge in [-0.3, -0.25) is 0 Å². The van der Waals surface area contributed by atoms with Crippen molar-refractivity contribution >= 4 is 5.71 Å². The van der Waals surface area contributed by atoms with Gasteiger partial charge in [-0.25, -0.2) is 4.98 Å². The van der Waals surface area contributed by atoms with Crippen molar-refractivity contribution < 1.29 is 18.9 Å². The SMILES string of the molecule is COCCCOc1cc2c(nc1OC)C(=N)CC(C(C)(C)C)CO2. The van der Waals surface area contributed by atoms with Crippen molar-refractivity contribution in [1.29, 1.82) is 5.41 Å². The van der Waals surface area contributed by atoms with E-state index < -0.39 is 0 Å². The topological polar surface area (TPSA) is 73.7 Å². The van der Waals surface area contributed by atoms with Gasteiger partial charge in [0, 0.05) is 32.1 Å². The lowest BCUT2D eigenvalue weighted by Crippen LogP contribution is -2.27. The first kappa shape index (κ1) is 18.5. The Labute approximate surface area is 144 Å². The number of nitrogens with zero attached hydrogens (tertiary/aromatic N) is 1. The summed E-state index contributed by atoms with van der Waals surface area (Å²) < 4.78 is 22.1. The van der Waals surface area contributed by atoms with Crippen molar-refractivity contribution in [3.8, 4) is 17.4 Å². The van der Waals surface area contributed by atoms with Gasteiger partial charge in [0.15, 0.2) is 11.5 Å². The summed E-state index contributed by atoms with van der Waals surface area (Å²) in [7, 11) is 3.21. The maximum Gasteiger partial charge on any atom is 0.257 e. The highest BCUT2D eigenvalue weighted by molar-refractivity contribution is 5.99. The first-order chi connectivity index (χ1) is 11.4. The van der Waals surface area contributed by atoms with E-state index in [0.717, 1.165) is 6.42 Å². The van der Waals surface area contributed by atoms with Crippen LogP contribution >= 0.6 is 0 Å². The van der Waals surface area contributed by atoms with Crippen LogP contribution in [0.2, 0.25) is 0 Å². The molecular weight excluding hydrogens is 308 g/mol. The van der Waals surface area contributed by atoms with Crippen LogP contribution in [-0.4, -0.2) is 44.7 Å². The van der Waals surface area contributed by atoms with E-state index >= 15 is 0 Å². The summed E-state index contributed by atoms with van der Waals surface area (Å²) >= 11 is 0. The Bertz CT molecular complexity index is 581. The molecule has 2 heterocycles. The molecule has 1 aliphatic heterocycles. The normalized spacial score (nSPS) is 17.7. The van der Waals surface area contributed by atoms with Gasteiger partial charge in [-0.15, -0.1) is 0 Å². The van der Waals surface area contributed by atoms with Gasteiger partial charge in [-0.2, -0.15) is 0 Å². The number of rotatable bonds is 6. The lowest BCUT2D eigenvalue weighted by atomic mass is 9.78. The van der Waals surface area contributed by atoms with Crippen LogP contribution < -0.4 is 14.2 Å². The summed E-state index contributed by atoms with van der Waals surface area (Å²) in [5.74, 6) is 1.77. The molecule has 0 spiro atoms. The molecule has 1 aromatic rings. The number of pyridine rings is 1. The highest BCUT2D eigenvalue weighted by Gasteiger charge is 2.31. The van der Waals surface area contributed by atoms with Gasteiger partial charge in [-0.05, 0) is 11.8 Å². The zero-order chi connectivity index (χ0) is 17.7. The Morgan fingerprint density at radius 3 is 2.67 bits per heavy atom. The molecule has 0 aliphatic carbocycles. The van der Waals surface area contributed by atoms with Crippen LogP contribution in [0.1, 0.15) is 39.3 Å². The number of ether oxygens (including phenoxy) is 4. The van der Waals surface area contributed by atoms with Gasteiger partial charge in [0.2, 0.25) is 0 Å². The van der Waals surface area contributed by atoms with Crippen molar-refractivity contribution in [1.82, 2.24) is 4.98 Å². The zero-order valence-corrected chi connectivity index (χ0v) is 15.3. The molecule has 6 nitrogen and oxygen atoms in total. The minimum absolute atomic E-state index is 0.0674. The van der Waals surface area contributed by atoms with Crippen LogP contribution in [0.5, 0.6) is 17.4 Å². The molecule has 0 aromatic carbocycles. The molecule has 1 aromatic heterocycles. The smallest absolute Gasteiger partial charge is 0.257 e. The van der Waals surface area contributed by atoms with E-state index in [0.29, 0.717) is 55.0 Å². The largest absolute Gasteiger partial charge is 0.491 e. The Hall–Kier alpha value is -1.82. The molecule has 6 heteroatoms. The molecule has 0 amide bonds. The highest BCUT2D eigenvalue weighted by Crippen LogP contribution is 2.38. The molecule has 0 fully saturated rings. The van der Waals surface area contributed by atoms with E-state index in [4.69, 9.17) is 24.4 Å². The van der Waals surface area contributed by atoms with Crippen molar-refractivity contribution in [3.63, 3.8) is 0 Å². The monoisotopic (exact) mass is 336 g/mol. The van der Waals surface area contributed by atoms with Crippen molar-refractivity contribution in [2.24, 2.45) is 11.3 Å². The third-order valence-corrected chi connectivity index (χ3v) is 4.26. The summed E-state index contributed by atoms with van der Waals surface area (Å²) in [6, 6.07) is 1.79. The second-order valence-corrected chi connectivity index (χ2v) is 7.09. The van der Waals surface area contributed by atoms with E-state index in [1.165, 1.54) is 0 Å². The second kappa shape index (κ2) is 7.83. The fourth-order valence-corrected chi connectivity index (χ4v) is 2.57. The van der Waals surface area contributed by atoms with Crippen molar-refractivity contribution in [2.75, 3.05) is 34.0 Å². The van der Waals surface area contributed by atoms with Gasteiger partial charge >= 0.3 is 0 Å². The van der Waals surface area contributed by atoms with Crippen LogP contribution in [0.4, 0.5) is 0 Å². The third-order valence-electron chi connectivity index (χ3n) is 4.26. The molecular formula is C18H28N2O4.